The molecule has 1 aromatic carbocycles. The highest BCUT2D eigenvalue weighted by molar-refractivity contribution is 5.33. The normalized spacial score (nSPS) is 17.7. The molecule has 0 aromatic heterocycles. The van der Waals surface area contributed by atoms with Crippen LogP contribution in [0.2, 0.25) is 0 Å². The Morgan fingerprint density at radius 3 is 2.54 bits per heavy atom. The van der Waals surface area contributed by atoms with Crippen molar-refractivity contribution >= 4 is 0 Å². The summed E-state index contributed by atoms with van der Waals surface area (Å²) >= 11 is 0. The van der Waals surface area contributed by atoms with Gasteiger partial charge >= 0.3 is 6.18 Å². The van der Waals surface area contributed by atoms with Gasteiger partial charge in [-0.1, -0.05) is 18.6 Å². The van der Waals surface area contributed by atoms with Gasteiger partial charge in [0.2, 0.25) is 0 Å². The molecule has 24 heavy (non-hydrogen) atoms. The maximum Gasteiger partial charge on any atom is 0.416 e. The van der Waals surface area contributed by atoms with Crippen molar-refractivity contribution in [2.24, 2.45) is 0 Å². The molecule has 1 heterocycles. The second-order valence-electron chi connectivity index (χ2n) is 6.10. The lowest BCUT2D eigenvalue weighted by Crippen LogP contribution is -2.45. The van der Waals surface area contributed by atoms with Crippen LogP contribution in [0.15, 0.2) is 30.9 Å². The van der Waals surface area contributed by atoms with Crippen molar-refractivity contribution in [1.82, 2.24) is 10.2 Å². The maximum absolute atomic E-state index is 13.4. The molecule has 6 heteroatoms. The van der Waals surface area contributed by atoms with Crippen molar-refractivity contribution in [1.29, 1.82) is 0 Å². The number of rotatable bonds is 7. The second kappa shape index (κ2) is 8.62. The molecule has 2 rings (SSSR count). The minimum absolute atomic E-state index is 0.185. The number of halogens is 4. The molecule has 2 nitrogen and oxygen atoms in total. The fourth-order valence-corrected chi connectivity index (χ4v) is 3.22. The molecule has 0 unspecified atom stereocenters. The number of hydrogen-bond donors (Lipinski definition) is 1. The molecule has 134 valence electrons. The van der Waals surface area contributed by atoms with Gasteiger partial charge in [0.15, 0.2) is 0 Å². The Morgan fingerprint density at radius 1 is 1.21 bits per heavy atom. The Labute approximate surface area is 140 Å². The van der Waals surface area contributed by atoms with E-state index in [1.54, 1.807) is 0 Å². The Bertz CT molecular complexity index is 536. The van der Waals surface area contributed by atoms with Gasteiger partial charge in [0.1, 0.15) is 5.82 Å². The summed E-state index contributed by atoms with van der Waals surface area (Å²) < 4.78 is 53.6. The van der Waals surface area contributed by atoms with Crippen LogP contribution in [0.1, 0.15) is 42.9 Å². The molecule has 0 amide bonds. The van der Waals surface area contributed by atoms with Crippen molar-refractivity contribution in [3.63, 3.8) is 0 Å². The zero-order valence-corrected chi connectivity index (χ0v) is 13.7. The van der Waals surface area contributed by atoms with E-state index in [0.29, 0.717) is 25.6 Å². The standard InChI is InChI=1S/C18H24F4N2/c1-2-3-4-5-6-17(24-11-9-23-10-12-24)15-8-7-14(19)13-16(15)18(20,21)22/h2,7-8,13,17,23H,1,3-6,9-12H2/t17-/m1/s1. The summed E-state index contributed by atoms with van der Waals surface area (Å²) in [4.78, 5) is 2.08. The number of hydrogen-bond acceptors (Lipinski definition) is 2. The predicted octanol–water partition coefficient (Wildman–Crippen LogP) is 4.54. The Balaban J connectivity index is 2.29. The van der Waals surface area contributed by atoms with Gasteiger partial charge in [-0.15, -0.1) is 6.58 Å². The van der Waals surface area contributed by atoms with E-state index >= 15 is 0 Å². The lowest BCUT2D eigenvalue weighted by molar-refractivity contribution is -0.139. The first-order valence-electron chi connectivity index (χ1n) is 8.36. The highest BCUT2D eigenvalue weighted by atomic mass is 19.4. The van der Waals surface area contributed by atoms with Gasteiger partial charge in [0.05, 0.1) is 5.56 Å². The molecular weight excluding hydrogens is 320 g/mol. The van der Waals surface area contributed by atoms with E-state index in [0.717, 1.165) is 38.4 Å². The quantitative estimate of drug-likeness (QED) is 0.444. The predicted molar refractivity (Wildman–Crippen MR) is 87.3 cm³/mol. The molecule has 0 aliphatic carbocycles. The molecule has 1 saturated heterocycles. The van der Waals surface area contributed by atoms with Crippen molar-refractivity contribution in [2.45, 2.75) is 37.9 Å². The summed E-state index contributed by atoms with van der Waals surface area (Å²) in [5, 5.41) is 3.21. The summed E-state index contributed by atoms with van der Waals surface area (Å²) in [6.45, 7) is 6.57. The molecule has 0 radical (unpaired) electrons. The molecule has 0 saturated carbocycles. The number of benzene rings is 1. The first kappa shape index (κ1) is 18.9. The Morgan fingerprint density at radius 2 is 1.92 bits per heavy atom. The van der Waals surface area contributed by atoms with Crippen LogP contribution in [0.4, 0.5) is 17.6 Å². The summed E-state index contributed by atoms with van der Waals surface area (Å²) in [5.41, 5.74) is -0.667. The van der Waals surface area contributed by atoms with Crippen molar-refractivity contribution < 1.29 is 17.6 Å². The number of allylic oxidation sites excluding steroid dienone is 1. The van der Waals surface area contributed by atoms with E-state index in [4.69, 9.17) is 0 Å². The number of nitrogens with zero attached hydrogens (tertiary/aromatic N) is 1. The molecule has 1 aliphatic heterocycles. The molecule has 1 N–H and O–H groups in total. The van der Waals surface area contributed by atoms with Gasteiger partial charge < -0.3 is 5.32 Å². The molecule has 0 spiro atoms. The summed E-state index contributed by atoms with van der Waals surface area (Å²) in [7, 11) is 0. The van der Waals surface area contributed by atoms with Crippen LogP contribution in [-0.4, -0.2) is 31.1 Å². The third-order valence-corrected chi connectivity index (χ3v) is 4.41. The minimum atomic E-state index is -4.55. The Hall–Kier alpha value is -1.40. The molecule has 1 fully saturated rings. The highest BCUT2D eigenvalue weighted by Crippen LogP contribution is 2.38. The van der Waals surface area contributed by atoms with E-state index in [2.05, 4.69) is 16.8 Å². The molecule has 1 aliphatic rings. The fourth-order valence-electron chi connectivity index (χ4n) is 3.22. The average Bonchev–Trinajstić information content (AvgIpc) is 2.55. The van der Waals surface area contributed by atoms with E-state index in [9.17, 15) is 17.6 Å². The molecule has 0 bridgehead atoms. The summed E-state index contributed by atoms with van der Waals surface area (Å²) in [6.07, 6.45) is 0.458. The van der Waals surface area contributed by atoms with Crippen LogP contribution in [0.5, 0.6) is 0 Å². The third kappa shape index (κ3) is 5.05. The summed E-state index contributed by atoms with van der Waals surface area (Å²) in [5.74, 6) is -0.850. The van der Waals surface area contributed by atoms with Gasteiger partial charge in [-0.2, -0.15) is 13.2 Å². The lowest BCUT2D eigenvalue weighted by Gasteiger charge is -2.36. The largest absolute Gasteiger partial charge is 0.416 e. The van der Waals surface area contributed by atoms with Gasteiger partial charge in [-0.3, -0.25) is 4.90 Å². The van der Waals surface area contributed by atoms with Crippen LogP contribution in [0.25, 0.3) is 0 Å². The van der Waals surface area contributed by atoms with Crippen molar-refractivity contribution in [3.8, 4) is 0 Å². The number of unbranched alkanes of at least 4 members (excludes halogenated alkanes) is 2. The van der Waals surface area contributed by atoms with Crippen LogP contribution >= 0.6 is 0 Å². The first-order chi connectivity index (χ1) is 11.4. The molecule has 1 atom stereocenters. The van der Waals surface area contributed by atoms with Gasteiger partial charge in [-0.05, 0) is 37.0 Å². The average molecular weight is 344 g/mol. The van der Waals surface area contributed by atoms with Crippen molar-refractivity contribution in [3.05, 3.63) is 47.8 Å². The number of alkyl halides is 3. The first-order valence-corrected chi connectivity index (χ1v) is 8.36. The van der Waals surface area contributed by atoms with E-state index < -0.39 is 17.6 Å². The topological polar surface area (TPSA) is 15.3 Å². The SMILES string of the molecule is C=CCCCC[C@H](c1ccc(F)cc1C(F)(F)F)N1CCNCC1. The number of piperazine rings is 1. The smallest absolute Gasteiger partial charge is 0.314 e. The van der Waals surface area contributed by atoms with Gasteiger partial charge in [0, 0.05) is 32.2 Å². The van der Waals surface area contributed by atoms with Crippen LogP contribution in [0, 0.1) is 5.82 Å². The van der Waals surface area contributed by atoms with E-state index in [1.165, 1.54) is 6.07 Å². The molecular formula is C18H24F4N2. The monoisotopic (exact) mass is 344 g/mol. The maximum atomic E-state index is 13.4. The second-order valence-corrected chi connectivity index (χ2v) is 6.10. The van der Waals surface area contributed by atoms with Crippen molar-refractivity contribution in [2.75, 3.05) is 26.2 Å². The zero-order valence-electron chi connectivity index (χ0n) is 13.7. The molecule has 1 aromatic rings. The van der Waals surface area contributed by atoms with Gasteiger partial charge in [-0.25, -0.2) is 4.39 Å². The Kier molecular flexibility index (Phi) is 6.80. The van der Waals surface area contributed by atoms with Crippen LogP contribution < -0.4 is 5.32 Å². The van der Waals surface area contributed by atoms with E-state index in [1.807, 2.05) is 6.08 Å². The third-order valence-electron chi connectivity index (χ3n) is 4.41. The minimum Gasteiger partial charge on any atom is -0.314 e. The lowest BCUT2D eigenvalue weighted by atomic mass is 9.93. The zero-order chi connectivity index (χ0) is 17.6. The van der Waals surface area contributed by atoms with Gasteiger partial charge in [0.25, 0.3) is 0 Å². The summed E-state index contributed by atoms with van der Waals surface area (Å²) in [6, 6.07) is 2.71. The number of nitrogens with one attached hydrogen (secondary N) is 1. The van der Waals surface area contributed by atoms with Crippen LogP contribution in [-0.2, 0) is 6.18 Å². The fraction of sp³-hybridized carbons (Fsp3) is 0.556. The van der Waals surface area contributed by atoms with Crippen LogP contribution in [0.3, 0.4) is 0 Å². The highest BCUT2D eigenvalue weighted by Gasteiger charge is 2.37. The van der Waals surface area contributed by atoms with E-state index in [-0.39, 0.29) is 11.6 Å².